The van der Waals surface area contributed by atoms with Crippen LogP contribution in [0.5, 0.6) is 0 Å². The Hall–Kier alpha value is -0.610. The molecule has 2 unspecified atom stereocenters. The van der Waals surface area contributed by atoms with Crippen LogP contribution in [0.25, 0.3) is 0 Å². The molecule has 0 bridgehead atoms. The predicted molar refractivity (Wildman–Crippen MR) is 25.2 cm³/mol. The maximum absolute atomic E-state index is 9.96. The van der Waals surface area contributed by atoms with E-state index in [1.165, 1.54) is 0 Å². The van der Waals surface area contributed by atoms with Crippen LogP contribution in [0.1, 0.15) is 6.42 Å². The van der Waals surface area contributed by atoms with E-state index in [0.29, 0.717) is 0 Å². The third kappa shape index (κ3) is 0.502. The minimum absolute atomic E-state index is 0.183. The van der Waals surface area contributed by atoms with Crippen molar-refractivity contribution in [3.8, 4) is 0 Å². The van der Waals surface area contributed by atoms with Crippen LogP contribution in [0.15, 0.2) is 0 Å². The summed E-state index contributed by atoms with van der Waals surface area (Å²) in [6, 6.07) is -0.556. The highest BCUT2D eigenvalue weighted by Crippen LogP contribution is 2.33. The summed E-state index contributed by atoms with van der Waals surface area (Å²) in [5, 5.41) is 16.9. The van der Waals surface area contributed by atoms with E-state index in [1.807, 2.05) is 0 Å². The molecule has 0 aromatic rings. The number of carboxylic acid groups (broad SMARTS) is 1. The van der Waals surface area contributed by atoms with Crippen molar-refractivity contribution >= 4 is 5.97 Å². The first kappa shape index (κ1) is 5.53. The Labute approximate surface area is 45.9 Å². The molecule has 0 saturated heterocycles. The van der Waals surface area contributed by atoms with Gasteiger partial charge in [-0.05, 0) is 0 Å². The van der Waals surface area contributed by atoms with Gasteiger partial charge in [-0.1, -0.05) is 0 Å². The molecule has 1 aliphatic rings. The fourth-order valence-corrected chi connectivity index (χ4v) is 0.522. The van der Waals surface area contributed by atoms with Gasteiger partial charge in [0, 0.05) is 12.5 Å². The highest BCUT2D eigenvalue weighted by atomic mass is 16.4. The number of rotatable bonds is 1. The second-order valence-corrected chi connectivity index (χ2v) is 2.04. The maximum Gasteiger partial charge on any atom is 0.337 e. The molecular weight excluding hydrogens is 110 g/mol. The Balaban J connectivity index is 2.60. The summed E-state index contributed by atoms with van der Waals surface area (Å²) in [5.41, 5.74) is 3.47. The molecule has 4 nitrogen and oxygen atoms in total. The molecule has 4 heteroatoms. The van der Waals surface area contributed by atoms with Crippen LogP contribution in [0, 0.1) is 0 Å². The van der Waals surface area contributed by atoms with Gasteiger partial charge < -0.3 is 15.9 Å². The highest BCUT2D eigenvalue weighted by Gasteiger charge is 2.57. The van der Waals surface area contributed by atoms with Gasteiger partial charge >= 0.3 is 5.97 Å². The second-order valence-electron chi connectivity index (χ2n) is 2.04. The minimum Gasteiger partial charge on any atom is -0.479 e. The number of aliphatic hydroxyl groups is 1. The molecule has 0 aliphatic heterocycles. The number of hydrogen-bond donors (Lipinski definition) is 3. The molecule has 0 aromatic carbocycles. The Morgan fingerprint density at radius 1 is 1.88 bits per heavy atom. The summed E-state index contributed by atoms with van der Waals surface area (Å²) in [7, 11) is 0. The molecule has 0 spiro atoms. The van der Waals surface area contributed by atoms with Crippen LogP contribution < -0.4 is 5.73 Å². The first-order valence-electron chi connectivity index (χ1n) is 2.29. The zero-order valence-electron chi connectivity index (χ0n) is 4.16. The van der Waals surface area contributed by atoms with E-state index in [1.54, 1.807) is 0 Å². The van der Waals surface area contributed by atoms with Crippen molar-refractivity contribution in [3.05, 3.63) is 0 Å². The Morgan fingerprint density at radius 2 is 2.25 bits per heavy atom. The molecule has 0 aromatic heterocycles. The summed E-state index contributed by atoms with van der Waals surface area (Å²) >= 11 is 0. The molecule has 1 aliphatic carbocycles. The number of hydrogen-bond acceptors (Lipinski definition) is 3. The quantitative estimate of drug-likeness (QED) is 0.391. The fourth-order valence-electron chi connectivity index (χ4n) is 0.522. The van der Waals surface area contributed by atoms with Crippen LogP contribution in [0.3, 0.4) is 0 Å². The van der Waals surface area contributed by atoms with E-state index < -0.39 is 17.6 Å². The average Bonchev–Trinajstić information content (AvgIpc) is 2.17. The lowest BCUT2D eigenvalue weighted by molar-refractivity contribution is -0.149. The number of carboxylic acids is 1. The molecule has 46 valence electrons. The SMILES string of the molecule is NC1CC1(O)C(=O)O. The molecule has 1 rings (SSSR count). The number of aliphatic carboxylic acids is 1. The Bertz CT molecular complexity index is 135. The van der Waals surface area contributed by atoms with Crippen molar-refractivity contribution in [2.75, 3.05) is 0 Å². The number of carbonyl (C=O) groups is 1. The first-order chi connectivity index (χ1) is 3.57. The smallest absolute Gasteiger partial charge is 0.337 e. The zero-order valence-corrected chi connectivity index (χ0v) is 4.16. The third-order valence-electron chi connectivity index (χ3n) is 1.35. The lowest BCUT2D eigenvalue weighted by Crippen LogP contribution is -2.29. The summed E-state index contributed by atoms with van der Waals surface area (Å²) < 4.78 is 0. The highest BCUT2D eigenvalue weighted by molar-refractivity contribution is 5.82. The van der Waals surface area contributed by atoms with Crippen molar-refractivity contribution in [1.82, 2.24) is 0 Å². The summed E-state index contributed by atoms with van der Waals surface area (Å²) in [5.74, 6) is -1.22. The molecular formula is C4H7NO3. The molecule has 2 atom stereocenters. The Morgan fingerprint density at radius 3 is 2.25 bits per heavy atom. The standard InChI is InChI=1S/C4H7NO3/c5-2-1-4(2,8)3(6)7/h2,8H,1,5H2,(H,6,7). The van der Waals surface area contributed by atoms with Crippen LogP contribution >= 0.6 is 0 Å². The third-order valence-corrected chi connectivity index (χ3v) is 1.35. The predicted octanol–water partition coefficient (Wildman–Crippen LogP) is -1.47. The zero-order chi connectivity index (χ0) is 6.36. The summed E-state index contributed by atoms with van der Waals surface area (Å²) in [6.07, 6.45) is 0.183. The molecule has 0 heterocycles. The lowest BCUT2D eigenvalue weighted by Gasteiger charge is -1.97. The fraction of sp³-hybridized carbons (Fsp3) is 0.750. The number of nitrogens with two attached hydrogens (primary N) is 1. The van der Waals surface area contributed by atoms with Crippen molar-refractivity contribution in [2.24, 2.45) is 5.73 Å². The van der Waals surface area contributed by atoms with Gasteiger partial charge in [0.2, 0.25) is 0 Å². The van der Waals surface area contributed by atoms with E-state index >= 15 is 0 Å². The summed E-state index contributed by atoms with van der Waals surface area (Å²) in [4.78, 5) is 9.96. The topological polar surface area (TPSA) is 83.5 Å². The van der Waals surface area contributed by atoms with Crippen LogP contribution in [0.2, 0.25) is 0 Å². The minimum atomic E-state index is -1.60. The van der Waals surface area contributed by atoms with E-state index in [-0.39, 0.29) is 6.42 Å². The van der Waals surface area contributed by atoms with Gasteiger partial charge in [0.1, 0.15) is 0 Å². The molecule has 1 fully saturated rings. The molecule has 1 saturated carbocycles. The van der Waals surface area contributed by atoms with Gasteiger partial charge in [-0.3, -0.25) is 0 Å². The molecule has 0 amide bonds. The van der Waals surface area contributed by atoms with E-state index in [2.05, 4.69) is 0 Å². The van der Waals surface area contributed by atoms with Crippen LogP contribution in [-0.2, 0) is 4.79 Å². The average molecular weight is 117 g/mol. The summed E-state index contributed by atoms with van der Waals surface area (Å²) in [6.45, 7) is 0. The van der Waals surface area contributed by atoms with Gasteiger partial charge in [0.25, 0.3) is 0 Å². The van der Waals surface area contributed by atoms with Crippen LogP contribution in [-0.4, -0.2) is 27.8 Å². The molecule has 8 heavy (non-hydrogen) atoms. The van der Waals surface area contributed by atoms with Crippen molar-refractivity contribution in [2.45, 2.75) is 18.1 Å². The van der Waals surface area contributed by atoms with Crippen molar-refractivity contribution in [1.29, 1.82) is 0 Å². The normalized spacial score (nSPS) is 44.0. The molecule has 4 N–H and O–H groups in total. The van der Waals surface area contributed by atoms with E-state index in [4.69, 9.17) is 15.9 Å². The van der Waals surface area contributed by atoms with Gasteiger partial charge in [-0.15, -0.1) is 0 Å². The van der Waals surface area contributed by atoms with Crippen molar-refractivity contribution in [3.63, 3.8) is 0 Å². The van der Waals surface area contributed by atoms with E-state index in [0.717, 1.165) is 0 Å². The lowest BCUT2D eigenvalue weighted by atomic mass is 10.3. The van der Waals surface area contributed by atoms with Gasteiger partial charge in [0.15, 0.2) is 5.60 Å². The maximum atomic E-state index is 9.96. The van der Waals surface area contributed by atoms with Crippen molar-refractivity contribution < 1.29 is 15.0 Å². The molecule has 0 radical (unpaired) electrons. The monoisotopic (exact) mass is 117 g/mol. The van der Waals surface area contributed by atoms with Crippen LogP contribution in [0.4, 0.5) is 0 Å². The van der Waals surface area contributed by atoms with Gasteiger partial charge in [-0.25, -0.2) is 4.79 Å². The van der Waals surface area contributed by atoms with E-state index in [9.17, 15) is 4.79 Å². The Kier molecular flexibility index (Phi) is 0.835. The van der Waals surface area contributed by atoms with Gasteiger partial charge in [0.05, 0.1) is 0 Å². The largest absolute Gasteiger partial charge is 0.479 e. The first-order valence-corrected chi connectivity index (χ1v) is 2.29. The second kappa shape index (κ2) is 1.21. The van der Waals surface area contributed by atoms with Gasteiger partial charge in [-0.2, -0.15) is 0 Å².